The van der Waals surface area contributed by atoms with E-state index in [4.69, 9.17) is 54.9 Å². The molecule has 0 saturated carbocycles. The van der Waals surface area contributed by atoms with Crippen LogP contribution in [0.4, 0.5) is 0 Å². The molecule has 0 spiro atoms. The molecule has 0 bridgehead atoms. The quantitative estimate of drug-likeness (QED) is 0.222. The third-order valence-corrected chi connectivity index (χ3v) is 12.9. The van der Waals surface area contributed by atoms with Gasteiger partial charge in [-0.2, -0.15) is 0 Å². The maximum absolute atomic E-state index is 7.37. The van der Waals surface area contributed by atoms with Crippen LogP contribution in [0.5, 0.6) is 0 Å². The summed E-state index contributed by atoms with van der Waals surface area (Å²) in [7, 11) is 48.6. The molecule has 11 rings (SSSR count). The molecule has 0 N–H and O–H groups in total. The Morgan fingerprint density at radius 3 is 1.64 bits per heavy atom. The van der Waals surface area contributed by atoms with Crippen molar-refractivity contribution < 1.29 is 0 Å². The summed E-state index contributed by atoms with van der Waals surface area (Å²) in [5.41, 5.74) is 10.7. The highest BCUT2D eigenvalue weighted by Gasteiger charge is 2.25. The molecular weight excluding hydrogens is 712 g/mol. The lowest BCUT2D eigenvalue weighted by molar-refractivity contribution is 1.18. The summed E-state index contributed by atoms with van der Waals surface area (Å²) in [6, 6.07) is 48.3. The summed E-state index contributed by atoms with van der Waals surface area (Å²) in [5.74, 6) is 0. The Hall–Kier alpha value is -5.97. The molecule has 58 heavy (non-hydrogen) atoms. The molecule has 3 heterocycles. The predicted octanol–water partition coefficient (Wildman–Crippen LogP) is 5.14. The summed E-state index contributed by atoms with van der Waals surface area (Å²) >= 11 is 1.74. The van der Waals surface area contributed by atoms with Gasteiger partial charge in [0.2, 0.25) is 0 Å². The molecule has 10 heteroatoms. The van der Waals surface area contributed by atoms with Crippen LogP contribution in [0.1, 0.15) is 0 Å². The summed E-state index contributed by atoms with van der Waals surface area (Å²) in [5, 5.41) is 5.52. The van der Waals surface area contributed by atoms with E-state index in [1.165, 1.54) is 4.70 Å². The van der Waals surface area contributed by atoms with Crippen molar-refractivity contribution in [3.05, 3.63) is 140 Å². The van der Waals surface area contributed by atoms with Crippen molar-refractivity contribution in [3.8, 4) is 33.6 Å². The van der Waals surface area contributed by atoms with Crippen molar-refractivity contribution in [1.82, 2.24) is 9.13 Å². The van der Waals surface area contributed by atoms with Crippen molar-refractivity contribution in [2.45, 2.75) is 0 Å². The van der Waals surface area contributed by atoms with Crippen molar-refractivity contribution in [2.75, 3.05) is 0 Å². The number of para-hydroxylation sites is 1. The Labute approximate surface area is 348 Å². The molecule has 0 unspecified atom stereocenters. The van der Waals surface area contributed by atoms with Gasteiger partial charge < -0.3 is 9.13 Å². The van der Waals surface area contributed by atoms with E-state index in [2.05, 4.69) is 108 Å². The molecule has 0 aliphatic heterocycles. The van der Waals surface area contributed by atoms with Gasteiger partial charge in [-0.1, -0.05) is 106 Å². The van der Waals surface area contributed by atoms with Gasteiger partial charge in [0.1, 0.15) is 54.9 Å². The number of hydrogen-bond donors (Lipinski definition) is 0. The van der Waals surface area contributed by atoms with Gasteiger partial charge in [-0.3, -0.25) is 0 Å². The third-order valence-electron chi connectivity index (χ3n) is 11.7. The molecule has 0 fully saturated rings. The molecule has 11 aromatic rings. The number of nitrogens with zero attached hydrogens (tertiary/aromatic N) is 2. The van der Waals surface area contributed by atoms with Crippen molar-refractivity contribution in [2.24, 2.45) is 0 Å². The minimum absolute atomic E-state index is 0.184. The van der Waals surface area contributed by atoms with Crippen LogP contribution in [0, 0.1) is 0 Å². The monoisotopic (exact) mass is 736 g/mol. The zero-order valence-electron chi connectivity index (χ0n) is 31.1. The molecule has 3 aromatic heterocycles. The van der Waals surface area contributed by atoms with Crippen LogP contribution in [0.15, 0.2) is 140 Å². The van der Waals surface area contributed by atoms with E-state index in [0.29, 0.717) is 43.8 Å². The van der Waals surface area contributed by atoms with Crippen LogP contribution in [0.25, 0.3) is 97.4 Å². The van der Waals surface area contributed by atoms with Gasteiger partial charge in [-0.25, -0.2) is 0 Å². The second kappa shape index (κ2) is 13.0. The highest BCUT2D eigenvalue weighted by atomic mass is 32.1. The first-order chi connectivity index (χ1) is 28.2. The number of fused-ring (bicyclic) bond motifs is 9. The summed E-state index contributed by atoms with van der Waals surface area (Å²) < 4.78 is 6.60. The number of aromatic nitrogens is 2. The second-order valence-electron chi connectivity index (χ2n) is 14.8. The van der Waals surface area contributed by atoms with Gasteiger partial charge >= 0.3 is 0 Å². The van der Waals surface area contributed by atoms with Crippen molar-refractivity contribution >= 4 is 168 Å². The largest absolute Gasteiger partial charge is 0.311 e. The van der Waals surface area contributed by atoms with E-state index < -0.39 is 0 Å². The van der Waals surface area contributed by atoms with Crippen LogP contribution in [-0.2, 0) is 0 Å². The molecule has 0 aliphatic carbocycles. The maximum atomic E-state index is 7.37. The number of thiophene rings is 1. The van der Waals surface area contributed by atoms with Gasteiger partial charge in [-0.05, 0) is 88.3 Å². The average Bonchev–Trinajstić information content (AvgIpc) is 3.92. The minimum Gasteiger partial charge on any atom is -0.311 e. The lowest BCUT2D eigenvalue weighted by Gasteiger charge is -2.19. The number of hydrogen-bond acceptors (Lipinski definition) is 1. The molecule has 0 atom stereocenters. The standard InChI is InChI=1S/C48H23B7N2S/c49-40-37(26-16-19-34-31(22-26)30-21-25(24-9-3-1-4-10-24)15-18-33(30)56(34)27-11-5-2-6-12-27)41(50)45(54)47-38(40)39-42(51)43(52)44(53)46(55)48(39)57(47)28-17-20-36-32(23-28)29-13-7-8-14-35(29)58-36/h1-23H. The van der Waals surface area contributed by atoms with E-state index in [9.17, 15) is 0 Å². The lowest BCUT2D eigenvalue weighted by atomic mass is 9.64. The number of benzene rings is 8. The van der Waals surface area contributed by atoms with E-state index >= 15 is 0 Å². The van der Waals surface area contributed by atoms with Gasteiger partial charge in [0, 0.05) is 58.7 Å². The minimum atomic E-state index is 0.184. The number of rotatable bonds is 4. The summed E-state index contributed by atoms with van der Waals surface area (Å²) in [6.45, 7) is 0. The van der Waals surface area contributed by atoms with E-state index in [-0.39, 0.29) is 21.9 Å². The second-order valence-corrected chi connectivity index (χ2v) is 15.9. The maximum Gasteiger partial charge on any atom is 0.115 e. The van der Waals surface area contributed by atoms with Crippen LogP contribution < -0.4 is 38.2 Å². The molecule has 8 aromatic carbocycles. The van der Waals surface area contributed by atoms with E-state index in [1.54, 1.807) is 11.3 Å². The van der Waals surface area contributed by atoms with Crippen LogP contribution in [0.2, 0.25) is 0 Å². The van der Waals surface area contributed by atoms with Crippen LogP contribution in [-0.4, -0.2) is 64.1 Å². The molecule has 2 nitrogen and oxygen atoms in total. The lowest BCUT2D eigenvalue weighted by Crippen LogP contribution is -2.48. The molecule has 14 radical (unpaired) electrons. The fourth-order valence-corrected chi connectivity index (χ4v) is 10.0. The zero-order valence-corrected chi connectivity index (χ0v) is 31.9. The fourth-order valence-electron chi connectivity index (χ4n) is 8.96. The summed E-state index contributed by atoms with van der Waals surface area (Å²) in [6.07, 6.45) is 0. The SMILES string of the molecule is [B]c1c([B])c([B])c2c(c1[B])c1c([B])c(-c3ccc4c(c3)c3cc(-c5ccccc5)ccc3n4-c3ccccc3)c([B])c([B])c1n2-c1ccc2sc3ccccc3c2c1. The molecule has 252 valence electrons. The van der Waals surface area contributed by atoms with Crippen molar-refractivity contribution in [1.29, 1.82) is 0 Å². The zero-order chi connectivity index (χ0) is 39.6. The first kappa shape index (κ1) is 35.2. The average molecular weight is 735 g/mol. The van der Waals surface area contributed by atoms with E-state index in [1.807, 2.05) is 41.0 Å². The van der Waals surface area contributed by atoms with E-state index in [0.717, 1.165) is 65.3 Å². The van der Waals surface area contributed by atoms with Gasteiger partial charge in [-0.15, -0.1) is 22.3 Å². The third kappa shape index (κ3) is 4.94. The molecule has 0 aliphatic rings. The van der Waals surface area contributed by atoms with Crippen molar-refractivity contribution in [3.63, 3.8) is 0 Å². The smallest absolute Gasteiger partial charge is 0.115 e. The van der Waals surface area contributed by atoms with Gasteiger partial charge in [0.25, 0.3) is 0 Å². The van der Waals surface area contributed by atoms with Crippen LogP contribution >= 0.6 is 11.3 Å². The van der Waals surface area contributed by atoms with Gasteiger partial charge in [0.15, 0.2) is 0 Å². The topological polar surface area (TPSA) is 9.86 Å². The molecular formula is C48H23B7N2S. The highest BCUT2D eigenvalue weighted by Crippen LogP contribution is 2.39. The molecule has 0 saturated heterocycles. The Morgan fingerprint density at radius 2 is 0.914 bits per heavy atom. The first-order valence-electron chi connectivity index (χ1n) is 18.9. The highest BCUT2D eigenvalue weighted by molar-refractivity contribution is 7.25. The Bertz CT molecular complexity index is 3530. The Morgan fingerprint density at radius 1 is 0.345 bits per heavy atom. The van der Waals surface area contributed by atoms with Gasteiger partial charge in [0.05, 0.1) is 11.0 Å². The Kier molecular flexibility index (Phi) is 7.91. The predicted molar refractivity (Wildman–Crippen MR) is 257 cm³/mol. The van der Waals surface area contributed by atoms with Crippen LogP contribution in [0.3, 0.4) is 0 Å². The fraction of sp³-hybridized carbons (Fsp3) is 0. The normalized spacial score (nSPS) is 11.9. The Balaban J connectivity index is 1.22. The first-order valence-corrected chi connectivity index (χ1v) is 19.7. The molecule has 0 amide bonds. The summed E-state index contributed by atoms with van der Waals surface area (Å²) in [4.78, 5) is 0.